The second kappa shape index (κ2) is 4.72. The van der Waals surface area contributed by atoms with Gasteiger partial charge in [0.05, 0.1) is 6.21 Å². The van der Waals surface area contributed by atoms with E-state index in [1.807, 2.05) is 30.3 Å². The fourth-order valence-corrected chi connectivity index (χ4v) is 0.988. The predicted molar refractivity (Wildman–Crippen MR) is 57.2 cm³/mol. The molecule has 2 rings (SSSR count). The van der Waals surface area contributed by atoms with Crippen molar-refractivity contribution < 1.29 is 0 Å². The van der Waals surface area contributed by atoms with Gasteiger partial charge < -0.3 is 0 Å². The average molecular weight is 196 g/mol. The molecule has 15 heavy (non-hydrogen) atoms. The van der Waals surface area contributed by atoms with Crippen LogP contribution in [0.3, 0.4) is 0 Å². The van der Waals surface area contributed by atoms with E-state index in [1.165, 1.54) is 23.5 Å². The summed E-state index contributed by atoms with van der Waals surface area (Å²) in [5.74, 6) is 5.78. The van der Waals surface area contributed by atoms with Gasteiger partial charge in [0.2, 0.25) is 0 Å². The Morgan fingerprint density at radius 3 is 2.60 bits per heavy atom. The summed E-state index contributed by atoms with van der Waals surface area (Å²) in [7, 11) is 0. The summed E-state index contributed by atoms with van der Waals surface area (Å²) in [6.45, 7) is 0. The Morgan fingerprint density at radius 2 is 1.87 bits per heavy atom. The van der Waals surface area contributed by atoms with Crippen molar-refractivity contribution in [2.45, 2.75) is 0 Å². The zero-order valence-electron chi connectivity index (χ0n) is 7.91. The zero-order chi connectivity index (χ0) is 10.3. The van der Waals surface area contributed by atoms with Crippen molar-refractivity contribution in [2.75, 3.05) is 0 Å². The van der Waals surface area contributed by atoms with Crippen LogP contribution in [-0.2, 0) is 0 Å². The van der Waals surface area contributed by atoms with Gasteiger partial charge in [-0.2, -0.15) is 5.10 Å². The number of aromatic nitrogens is 3. The van der Waals surface area contributed by atoms with E-state index in [0.29, 0.717) is 0 Å². The molecule has 0 N–H and O–H groups in total. The molecule has 4 heteroatoms. The molecule has 0 amide bonds. The summed E-state index contributed by atoms with van der Waals surface area (Å²) in [4.78, 5) is 0. The van der Waals surface area contributed by atoms with Crippen LogP contribution in [0.2, 0.25) is 0 Å². The molecule has 1 aromatic heterocycles. The largest absolute Gasteiger partial charge is 0.207 e. The highest BCUT2D eigenvalue weighted by molar-refractivity contribution is 5.79. The molecule has 72 valence electrons. The monoisotopic (exact) mass is 196 g/mol. The van der Waals surface area contributed by atoms with Crippen molar-refractivity contribution in [2.24, 2.45) is 5.10 Å². The lowest BCUT2D eigenvalue weighted by Gasteiger charge is -1.85. The van der Waals surface area contributed by atoms with E-state index in [9.17, 15) is 0 Å². The lowest BCUT2D eigenvalue weighted by Crippen LogP contribution is -1.82. The lowest BCUT2D eigenvalue weighted by atomic mass is 10.2. The average Bonchev–Trinajstić information content (AvgIpc) is 2.79. The third kappa shape index (κ3) is 2.78. The Morgan fingerprint density at radius 1 is 1.13 bits per heavy atom. The summed E-state index contributed by atoms with van der Waals surface area (Å²) in [5.41, 5.74) is 0.965. The molecule has 0 unspecified atom stereocenters. The van der Waals surface area contributed by atoms with Crippen LogP contribution >= 0.6 is 0 Å². The minimum atomic E-state index is 0.965. The normalized spacial score (nSPS) is 9.87. The quantitative estimate of drug-likeness (QED) is 0.507. The maximum absolute atomic E-state index is 3.97. The van der Waals surface area contributed by atoms with Crippen LogP contribution in [-0.4, -0.2) is 21.1 Å². The van der Waals surface area contributed by atoms with Crippen LogP contribution in [0.5, 0.6) is 0 Å². The van der Waals surface area contributed by atoms with Gasteiger partial charge in [0, 0.05) is 5.56 Å². The topological polar surface area (TPSA) is 43.1 Å². The fraction of sp³-hybridized carbons (Fsp3) is 0. The standard InChI is InChI=1S/C11H8N4/c1-2-5-11(6-3-1)7-4-8-14-15-9-12-13-10-15/h1-3,5-6,8-10H. The molecule has 0 aliphatic carbocycles. The van der Waals surface area contributed by atoms with Crippen molar-refractivity contribution in [1.82, 2.24) is 14.9 Å². The molecule has 0 aliphatic rings. The Kier molecular flexibility index (Phi) is 2.88. The van der Waals surface area contributed by atoms with Crippen molar-refractivity contribution in [1.29, 1.82) is 0 Å². The molecule has 0 fully saturated rings. The van der Waals surface area contributed by atoms with Crippen LogP contribution in [0.15, 0.2) is 48.1 Å². The summed E-state index contributed by atoms with van der Waals surface area (Å²) >= 11 is 0. The van der Waals surface area contributed by atoms with Crippen LogP contribution < -0.4 is 0 Å². The van der Waals surface area contributed by atoms with Crippen molar-refractivity contribution >= 4 is 6.21 Å². The summed E-state index contributed by atoms with van der Waals surface area (Å²) < 4.78 is 1.49. The molecular formula is C11H8N4. The summed E-state index contributed by atoms with van der Waals surface area (Å²) in [5, 5.41) is 11.2. The highest BCUT2D eigenvalue weighted by Crippen LogP contribution is 1.93. The maximum atomic E-state index is 3.97. The molecule has 0 aliphatic heterocycles. The molecule has 0 atom stereocenters. The molecule has 2 aromatic rings. The van der Waals surface area contributed by atoms with Crippen LogP contribution in [0.4, 0.5) is 0 Å². The molecule has 1 aromatic carbocycles. The van der Waals surface area contributed by atoms with Gasteiger partial charge in [-0.05, 0) is 18.1 Å². The predicted octanol–water partition coefficient (Wildman–Crippen LogP) is 1.16. The lowest BCUT2D eigenvalue weighted by molar-refractivity contribution is 0.880. The van der Waals surface area contributed by atoms with Gasteiger partial charge in [0.15, 0.2) is 0 Å². The fourth-order valence-electron chi connectivity index (χ4n) is 0.988. The van der Waals surface area contributed by atoms with E-state index >= 15 is 0 Å². The van der Waals surface area contributed by atoms with Crippen molar-refractivity contribution in [3.05, 3.63) is 48.5 Å². The second-order valence-corrected chi connectivity index (χ2v) is 2.72. The van der Waals surface area contributed by atoms with Crippen LogP contribution in [0.1, 0.15) is 5.56 Å². The third-order valence-corrected chi connectivity index (χ3v) is 1.65. The van der Waals surface area contributed by atoms with Gasteiger partial charge in [0.25, 0.3) is 0 Å². The van der Waals surface area contributed by atoms with Gasteiger partial charge >= 0.3 is 0 Å². The molecular weight excluding hydrogens is 188 g/mol. The first-order chi connectivity index (χ1) is 7.45. The molecule has 1 heterocycles. The summed E-state index contributed by atoms with van der Waals surface area (Å²) in [6.07, 6.45) is 4.51. The number of nitrogens with zero attached hydrogens (tertiary/aromatic N) is 4. The zero-order valence-corrected chi connectivity index (χ0v) is 7.91. The van der Waals surface area contributed by atoms with Gasteiger partial charge in [-0.25, -0.2) is 4.68 Å². The van der Waals surface area contributed by atoms with E-state index in [2.05, 4.69) is 27.1 Å². The maximum Gasteiger partial charge on any atom is 0.141 e. The smallest absolute Gasteiger partial charge is 0.141 e. The first-order valence-electron chi connectivity index (χ1n) is 4.39. The SMILES string of the molecule is C(#Cc1ccccc1)C=Nn1cnnc1. The molecule has 4 nitrogen and oxygen atoms in total. The number of hydrogen-bond acceptors (Lipinski definition) is 3. The number of benzene rings is 1. The molecule has 0 bridgehead atoms. The molecule has 0 spiro atoms. The minimum Gasteiger partial charge on any atom is -0.207 e. The van der Waals surface area contributed by atoms with E-state index < -0.39 is 0 Å². The Labute approximate surface area is 87.3 Å². The Bertz CT molecular complexity index is 488. The first kappa shape index (κ1) is 9.16. The molecule has 0 radical (unpaired) electrons. The van der Waals surface area contributed by atoms with Gasteiger partial charge in [-0.3, -0.25) is 0 Å². The Balaban J connectivity index is 2.02. The van der Waals surface area contributed by atoms with E-state index in [4.69, 9.17) is 0 Å². The minimum absolute atomic E-state index is 0.965. The van der Waals surface area contributed by atoms with E-state index in [1.54, 1.807) is 0 Å². The number of hydrogen-bond donors (Lipinski definition) is 0. The third-order valence-electron chi connectivity index (χ3n) is 1.65. The molecule has 0 saturated heterocycles. The second-order valence-electron chi connectivity index (χ2n) is 2.72. The highest BCUT2D eigenvalue weighted by atomic mass is 15.4. The van der Waals surface area contributed by atoms with E-state index in [0.717, 1.165) is 5.56 Å². The van der Waals surface area contributed by atoms with Gasteiger partial charge in [-0.15, -0.1) is 10.2 Å². The van der Waals surface area contributed by atoms with Crippen LogP contribution in [0.25, 0.3) is 0 Å². The summed E-state index contributed by atoms with van der Waals surface area (Å²) in [6, 6.07) is 9.73. The van der Waals surface area contributed by atoms with Gasteiger partial charge in [-0.1, -0.05) is 24.1 Å². The van der Waals surface area contributed by atoms with Crippen molar-refractivity contribution in [3.63, 3.8) is 0 Å². The van der Waals surface area contributed by atoms with E-state index in [-0.39, 0.29) is 0 Å². The number of rotatable bonds is 1. The van der Waals surface area contributed by atoms with Crippen LogP contribution in [0, 0.1) is 11.8 Å². The highest BCUT2D eigenvalue weighted by Gasteiger charge is 1.81. The first-order valence-corrected chi connectivity index (χ1v) is 4.39. The van der Waals surface area contributed by atoms with Crippen molar-refractivity contribution in [3.8, 4) is 11.8 Å². The molecule has 0 saturated carbocycles. The van der Waals surface area contributed by atoms with Gasteiger partial charge in [0.1, 0.15) is 12.7 Å². The Hall–Kier alpha value is -2.41.